The van der Waals surface area contributed by atoms with E-state index in [-0.39, 0.29) is 29.9 Å². The van der Waals surface area contributed by atoms with Crippen molar-refractivity contribution in [1.82, 2.24) is 15.5 Å². The predicted octanol–water partition coefficient (Wildman–Crippen LogP) is 2.77. The molecule has 1 aromatic carbocycles. The van der Waals surface area contributed by atoms with Gasteiger partial charge in [0.05, 0.1) is 23.7 Å². The number of carbonyl (C=O) groups is 1. The van der Waals surface area contributed by atoms with Gasteiger partial charge < -0.3 is 20.3 Å². The molecule has 2 aliphatic heterocycles. The van der Waals surface area contributed by atoms with Crippen molar-refractivity contribution in [1.29, 1.82) is 0 Å². The van der Waals surface area contributed by atoms with Gasteiger partial charge in [-0.3, -0.25) is 9.79 Å². The molecule has 0 aromatic heterocycles. The maximum absolute atomic E-state index is 12.2. The van der Waals surface area contributed by atoms with E-state index in [0.717, 1.165) is 51.6 Å². The van der Waals surface area contributed by atoms with Crippen LogP contribution in [0.15, 0.2) is 29.3 Å². The number of guanidine groups is 1. The highest BCUT2D eigenvalue weighted by Crippen LogP contribution is 2.38. The molecule has 1 unspecified atom stereocenters. The quantitative estimate of drug-likeness (QED) is 0.279. The molecule has 1 amide bonds. The molecule has 2 heterocycles. The molecule has 1 spiro atoms. The van der Waals surface area contributed by atoms with Crippen LogP contribution < -0.4 is 10.6 Å². The van der Waals surface area contributed by atoms with Crippen LogP contribution in [0.2, 0.25) is 5.02 Å². The van der Waals surface area contributed by atoms with E-state index in [1.165, 1.54) is 0 Å². The number of carbonyl (C=O) groups excluding carboxylic acids is 1. The minimum Gasteiger partial charge on any atom is -0.381 e. The van der Waals surface area contributed by atoms with Crippen molar-refractivity contribution in [2.45, 2.75) is 19.8 Å². The first-order valence-corrected chi connectivity index (χ1v) is 9.65. The minimum atomic E-state index is -0.168. The van der Waals surface area contributed by atoms with Crippen LogP contribution in [0.3, 0.4) is 0 Å². The molecule has 6 nitrogen and oxygen atoms in total. The lowest BCUT2D eigenvalue weighted by Gasteiger charge is -2.25. The lowest BCUT2D eigenvalue weighted by atomic mass is 9.87. The summed E-state index contributed by atoms with van der Waals surface area (Å²) in [6.07, 6.45) is 2.29. The number of hydrogen-bond donors (Lipinski definition) is 2. The summed E-state index contributed by atoms with van der Waals surface area (Å²) in [4.78, 5) is 19.2. The Balaban J connectivity index is 0.00000261. The number of nitrogens with one attached hydrogen (secondary N) is 2. The highest BCUT2D eigenvalue weighted by atomic mass is 127. The minimum absolute atomic E-state index is 0. The monoisotopic (exact) mass is 506 g/mol. The second-order valence-electron chi connectivity index (χ2n) is 6.95. The zero-order chi connectivity index (χ0) is 18.4. The van der Waals surface area contributed by atoms with E-state index in [1.807, 2.05) is 6.07 Å². The van der Waals surface area contributed by atoms with E-state index >= 15 is 0 Å². The van der Waals surface area contributed by atoms with Crippen molar-refractivity contribution in [3.63, 3.8) is 0 Å². The van der Waals surface area contributed by atoms with Crippen molar-refractivity contribution in [2.75, 3.05) is 45.9 Å². The molecule has 0 bridgehead atoms. The summed E-state index contributed by atoms with van der Waals surface area (Å²) in [6.45, 7) is 7.61. The third-order valence-corrected chi connectivity index (χ3v) is 5.36. The predicted molar refractivity (Wildman–Crippen MR) is 119 cm³/mol. The fourth-order valence-electron chi connectivity index (χ4n) is 3.58. The van der Waals surface area contributed by atoms with Crippen molar-refractivity contribution in [3.05, 3.63) is 34.9 Å². The number of rotatable bonds is 5. The number of halogens is 2. The molecule has 150 valence electrons. The van der Waals surface area contributed by atoms with Gasteiger partial charge in [0, 0.05) is 38.2 Å². The van der Waals surface area contributed by atoms with E-state index < -0.39 is 0 Å². The first-order valence-electron chi connectivity index (χ1n) is 9.27. The fourth-order valence-corrected chi connectivity index (χ4v) is 3.81. The van der Waals surface area contributed by atoms with Crippen LogP contribution in [0, 0.1) is 5.41 Å². The molecule has 0 aliphatic carbocycles. The van der Waals surface area contributed by atoms with E-state index in [0.29, 0.717) is 29.1 Å². The van der Waals surface area contributed by atoms with E-state index in [2.05, 4.69) is 27.4 Å². The normalized spacial score (nSPS) is 22.0. The smallest absolute Gasteiger partial charge is 0.252 e. The number of aliphatic imine (C=N–C) groups is 1. The number of hydrogen-bond acceptors (Lipinski definition) is 3. The number of amides is 1. The van der Waals surface area contributed by atoms with E-state index in [9.17, 15) is 4.79 Å². The molecule has 0 radical (unpaired) electrons. The molecule has 1 aromatic rings. The zero-order valence-electron chi connectivity index (χ0n) is 15.7. The SMILES string of the molecule is CCNC(=NCCNC(=O)c1ccccc1Cl)N1CCC2(CCOC2)C1.I. The van der Waals surface area contributed by atoms with Gasteiger partial charge in [0.2, 0.25) is 0 Å². The highest BCUT2D eigenvalue weighted by Gasteiger charge is 2.42. The molecule has 2 fully saturated rings. The van der Waals surface area contributed by atoms with Crippen LogP contribution in [0.25, 0.3) is 0 Å². The Bertz CT molecular complexity index is 665. The van der Waals surface area contributed by atoms with Gasteiger partial charge >= 0.3 is 0 Å². The van der Waals surface area contributed by atoms with Gasteiger partial charge in [-0.1, -0.05) is 23.7 Å². The van der Waals surface area contributed by atoms with Gasteiger partial charge in [-0.05, 0) is 31.9 Å². The number of benzene rings is 1. The summed E-state index contributed by atoms with van der Waals surface area (Å²) in [5.74, 6) is 0.752. The molecular weight excluding hydrogens is 479 g/mol. The Kier molecular flexibility index (Phi) is 8.62. The van der Waals surface area contributed by atoms with Crippen LogP contribution in [-0.4, -0.2) is 62.7 Å². The standard InChI is InChI=1S/C19H27ClN4O2.HI/c1-2-21-18(24-11-7-19(13-24)8-12-26-14-19)23-10-9-22-17(25)15-5-3-4-6-16(15)20;/h3-6H,2,7-14H2,1H3,(H,21,23)(H,22,25);1H. The fraction of sp³-hybridized carbons (Fsp3) is 0.579. The number of nitrogens with zero attached hydrogens (tertiary/aromatic N) is 2. The largest absolute Gasteiger partial charge is 0.381 e. The lowest BCUT2D eigenvalue weighted by Crippen LogP contribution is -2.42. The van der Waals surface area contributed by atoms with Gasteiger partial charge in [-0.15, -0.1) is 24.0 Å². The Morgan fingerprint density at radius 3 is 2.85 bits per heavy atom. The molecule has 2 saturated heterocycles. The van der Waals surface area contributed by atoms with Crippen molar-refractivity contribution < 1.29 is 9.53 Å². The van der Waals surface area contributed by atoms with Crippen LogP contribution in [0.5, 0.6) is 0 Å². The lowest BCUT2D eigenvalue weighted by molar-refractivity contribution is 0.0955. The number of ether oxygens (including phenoxy) is 1. The molecule has 1 atom stereocenters. The summed E-state index contributed by atoms with van der Waals surface area (Å²) in [7, 11) is 0. The third kappa shape index (κ3) is 5.71. The van der Waals surface area contributed by atoms with Crippen LogP contribution >= 0.6 is 35.6 Å². The van der Waals surface area contributed by atoms with E-state index in [1.54, 1.807) is 18.2 Å². The summed E-state index contributed by atoms with van der Waals surface area (Å²) in [5.41, 5.74) is 0.793. The maximum Gasteiger partial charge on any atom is 0.252 e. The second-order valence-corrected chi connectivity index (χ2v) is 7.35. The maximum atomic E-state index is 12.2. The first kappa shape index (κ1) is 22.2. The Morgan fingerprint density at radius 2 is 2.15 bits per heavy atom. The van der Waals surface area contributed by atoms with E-state index in [4.69, 9.17) is 16.3 Å². The van der Waals surface area contributed by atoms with Crippen LogP contribution in [0.4, 0.5) is 0 Å². The molecule has 3 rings (SSSR count). The molecule has 27 heavy (non-hydrogen) atoms. The molecule has 2 N–H and O–H groups in total. The van der Waals surface area contributed by atoms with Crippen LogP contribution in [0.1, 0.15) is 30.1 Å². The Labute approximate surface area is 183 Å². The molecule has 0 saturated carbocycles. The van der Waals surface area contributed by atoms with Crippen molar-refractivity contribution in [3.8, 4) is 0 Å². The second kappa shape index (κ2) is 10.5. The van der Waals surface area contributed by atoms with Gasteiger partial charge in [-0.2, -0.15) is 0 Å². The Hall–Kier alpha value is -1.06. The molecular formula is C19H28ClIN4O2. The zero-order valence-corrected chi connectivity index (χ0v) is 18.8. The summed E-state index contributed by atoms with van der Waals surface area (Å²) in [6, 6.07) is 7.05. The first-order chi connectivity index (χ1) is 12.6. The average molecular weight is 507 g/mol. The van der Waals surface area contributed by atoms with Gasteiger partial charge in [0.15, 0.2) is 5.96 Å². The third-order valence-electron chi connectivity index (χ3n) is 5.04. The summed E-state index contributed by atoms with van der Waals surface area (Å²) < 4.78 is 5.60. The van der Waals surface area contributed by atoms with Gasteiger partial charge in [0.1, 0.15) is 0 Å². The van der Waals surface area contributed by atoms with Crippen LogP contribution in [-0.2, 0) is 4.74 Å². The Morgan fingerprint density at radius 1 is 1.33 bits per heavy atom. The average Bonchev–Trinajstić information content (AvgIpc) is 3.28. The highest BCUT2D eigenvalue weighted by molar-refractivity contribution is 14.0. The van der Waals surface area contributed by atoms with Crippen molar-refractivity contribution >= 4 is 47.4 Å². The number of likely N-dealkylation sites (tertiary alicyclic amines) is 1. The topological polar surface area (TPSA) is 66.0 Å². The summed E-state index contributed by atoms with van der Waals surface area (Å²) in [5, 5.41) is 6.70. The summed E-state index contributed by atoms with van der Waals surface area (Å²) >= 11 is 6.05. The molecule has 8 heteroatoms. The van der Waals surface area contributed by atoms with Crippen molar-refractivity contribution in [2.24, 2.45) is 10.4 Å². The molecule has 2 aliphatic rings. The van der Waals surface area contributed by atoms with Gasteiger partial charge in [0.25, 0.3) is 5.91 Å². The van der Waals surface area contributed by atoms with Gasteiger partial charge in [-0.25, -0.2) is 0 Å².